The monoisotopic (exact) mass is 544 g/mol. The van der Waals surface area contributed by atoms with Crippen LogP contribution in [0.3, 0.4) is 0 Å². The second kappa shape index (κ2) is 10.4. The summed E-state index contributed by atoms with van der Waals surface area (Å²) in [5.74, 6) is -2.24. The largest absolute Gasteiger partial charge is 0.445 e. The molecule has 1 heterocycles. The van der Waals surface area contributed by atoms with Gasteiger partial charge in [-0.15, -0.1) is 0 Å². The second-order valence-electron chi connectivity index (χ2n) is 9.95. The van der Waals surface area contributed by atoms with Crippen LogP contribution in [0, 0.1) is 23.4 Å². The first-order chi connectivity index (χ1) is 18.1. The van der Waals surface area contributed by atoms with Crippen molar-refractivity contribution in [3.05, 3.63) is 95.3 Å². The SMILES string of the molecule is CS(=O)(=O)NC1CC2CC2N(C(=O)OCc2ccccc2)C1Cc1cccc(-c2cc(F)cc(F)c2)c1F. The highest BCUT2D eigenvalue weighted by atomic mass is 32.2. The molecule has 0 bridgehead atoms. The van der Waals surface area contributed by atoms with Gasteiger partial charge >= 0.3 is 6.09 Å². The van der Waals surface area contributed by atoms with Gasteiger partial charge < -0.3 is 9.64 Å². The summed E-state index contributed by atoms with van der Waals surface area (Å²) in [6.45, 7) is 0.0411. The van der Waals surface area contributed by atoms with Gasteiger partial charge in [-0.25, -0.2) is 31.1 Å². The normalized spacial score (nSPS) is 22.6. The van der Waals surface area contributed by atoms with Crippen molar-refractivity contribution in [2.45, 2.75) is 44.0 Å². The zero-order valence-electron chi connectivity index (χ0n) is 20.6. The summed E-state index contributed by atoms with van der Waals surface area (Å²) in [7, 11) is -3.63. The minimum atomic E-state index is -3.63. The topological polar surface area (TPSA) is 75.7 Å². The number of hydrogen-bond donors (Lipinski definition) is 1. The lowest BCUT2D eigenvalue weighted by Gasteiger charge is -2.40. The van der Waals surface area contributed by atoms with Gasteiger partial charge in [0.15, 0.2) is 0 Å². The van der Waals surface area contributed by atoms with Crippen molar-refractivity contribution in [2.75, 3.05) is 6.26 Å². The third-order valence-electron chi connectivity index (χ3n) is 7.08. The number of piperidine rings is 1. The number of nitrogens with zero attached hydrogens (tertiary/aromatic N) is 1. The summed E-state index contributed by atoms with van der Waals surface area (Å²) in [4.78, 5) is 14.9. The number of hydrogen-bond acceptors (Lipinski definition) is 4. The first kappa shape index (κ1) is 26.2. The fourth-order valence-electron chi connectivity index (χ4n) is 5.35. The molecule has 1 saturated carbocycles. The van der Waals surface area contributed by atoms with Gasteiger partial charge in [-0.1, -0.05) is 48.5 Å². The van der Waals surface area contributed by atoms with Gasteiger partial charge in [0, 0.05) is 23.7 Å². The van der Waals surface area contributed by atoms with Gasteiger partial charge in [0.05, 0.1) is 12.3 Å². The highest BCUT2D eigenvalue weighted by molar-refractivity contribution is 7.88. The highest BCUT2D eigenvalue weighted by Crippen LogP contribution is 2.47. The number of fused-ring (bicyclic) bond motifs is 1. The van der Waals surface area contributed by atoms with Gasteiger partial charge in [-0.3, -0.25) is 0 Å². The van der Waals surface area contributed by atoms with Gasteiger partial charge in [-0.2, -0.15) is 0 Å². The lowest BCUT2D eigenvalue weighted by molar-refractivity contribution is 0.0552. The van der Waals surface area contributed by atoms with E-state index >= 15 is 4.39 Å². The van der Waals surface area contributed by atoms with Crippen molar-refractivity contribution in [3.8, 4) is 11.1 Å². The average Bonchev–Trinajstić information content (AvgIpc) is 3.62. The van der Waals surface area contributed by atoms with Crippen LogP contribution in [0.4, 0.5) is 18.0 Å². The molecule has 0 radical (unpaired) electrons. The van der Waals surface area contributed by atoms with Gasteiger partial charge in [0.2, 0.25) is 10.0 Å². The van der Waals surface area contributed by atoms with Crippen LogP contribution >= 0.6 is 0 Å². The van der Waals surface area contributed by atoms with E-state index in [1.165, 1.54) is 17.0 Å². The van der Waals surface area contributed by atoms with E-state index in [4.69, 9.17) is 4.74 Å². The number of nitrogens with one attached hydrogen (secondary N) is 1. The van der Waals surface area contributed by atoms with E-state index in [9.17, 15) is 22.0 Å². The Bertz CT molecular complexity index is 1430. The molecule has 3 aromatic rings. The second-order valence-corrected chi connectivity index (χ2v) is 11.7. The Kier molecular flexibility index (Phi) is 7.19. The van der Waals surface area contributed by atoms with Crippen LogP contribution in [-0.2, 0) is 27.8 Å². The smallest absolute Gasteiger partial charge is 0.410 e. The van der Waals surface area contributed by atoms with Crippen LogP contribution in [0.1, 0.15) is 24.0 Å². The minimum absolute atomic E-state index is 0.00633. The molecular weight excluding hydrogens is 517 g/mol. The number of halogens is 3. The molecule has 6 nitrogen and oxygen atoms in total. The fraction of sp³-hybridized carbons (Fsp3) is 0.321. The Hall–Kier alpha value is -3.37. The fourth-order valence-corrected chi connectivity index (χ4v) is 6.15. The molecule has 1 N–H and O–H groups in total. The molecule has 0 aromatic heterocycles. The molecule has 200 valence electrons. The average molecular weight is 545 g/mol. The molecule has 10 heteroatoms. The Balaban J connectivity index is 1.46. The summed E-state index contributed by atoms with van der Waals surface area (Å²) in [5.41, 5.74) is 1.04. The van der Waals surface area contributed by atoms with Crippen LogP contribution < -0.4 is 4.72 Å². The zero-order valence-corrected chi connectivity index (χ0v) is 21.4. The van der Waals surface area contributed by atoms with E-state index in [0.29, 0.717) is 18.9 Å². The standard InChI is InChI=1S/C28H27F3N2O4S/c1-38(35,36)32-24-12-20-14-25(20)33(28(34)37-16-17-6-3-2-4-7-17)26(24)13-18-8-5-9-23(27(18)31)19-10-21(29)15-22(30)11-19/h2-11,15,20,24-26,32H,12-14,16H2,1H3. The molecule has 1 saturated heterocycles. The quantitative estimate of drug-likeness (QED) is 0.453. The molecule has 38 heavy (non-hydrogen) atoms. The molecule has 4 atom stereocenters. The van der Waals surface area contributed by atoms with Crippen molar-refractivity contribution in [1.82, 2.24) is 9.62 Å². The van der Waals surface area contributed by atoms with Gasteiger partial charge in [0.25, 0.3) is 0 Å². The lowest BCUT2D eigenvalue weighted by Crippen LogP contribution is -2.58. The summed E-state index contributed by atoms with van der Waals surface area (Å²) in [6, 6.07) is 14.9. The molecule has 1 aliphatic carbocycles. The number of benzene rings is 3. The number of carbonyl (C=O) groups is 1. The van der Waals surface area contributed by atoms with Crippen LogP contribution in [0.2, 0.25) is 0 Å². The van der Waals surface area contributed by atoms with E-state index in [0.717, 1.165) is 24.0 Å². The first-order valence-electron chi connectivity index (χ1n) is 12.3. The van der Waals surface area contributed by atoms with Crippen molar-refractivity contribution < 1.29 is 31.1 Å². The van der Waals surface area contributed by atoms with E-state index in [1.54, 1.807) is 6.07 Å². The number of ether oxygens (including phenoxy) is 1. The Morgan fingerprint density at radius 2 is 1.71 bits per heavy atom. The maximum Gasteiger partial charge on any atom is 0.410 e. The molecule has 1 amide bonds. The maximum absolute atomic E-state index is 15.7. The third-order valence-corrected chi connectivity index (χ3v) is 7.81. The molecule has 2 aliphatic rings. The highest BCUT2D eigenvalue weighted by Gasteiger charge is 2.55. The molecule has 2 fully saturated rings. The van der Waals surface area contributed by atoms with Crippen molar-refractivity contribution in [1.29, 1.82) is 0 Å². The number of amides is 1. The van der Waals surface area contributed by atoms with E-state index < -0.39 is 45.7 Å². The third kappa shape index (κ3) is 5.86. The molecule has 4 unspecified atom stereocenters. The molecule has 1 aliphatic heterocycles. The Labute approximate surface area is 219 Å². The number of likely N-dealkylation sites (tertiary alicyclic amines) is 1. The van der Waals surface area contributed by atoms with Crippen molar-refractivity contribution in [3.63, 3.8) is 0 Å². The lowest BCUT2D eigenvalue weighted by atomic mass is 9.90. The summed E-state index contributed by atoms with van der Waals surface area (Å²) < 4.78 is 76.0. The number of rotatable bonds is 7. The Morgan fingerprint density at radius 3 is 2.39 bits per heavy atom. The van der Waals surface area contributed by atoms with Crippen LogP contribution in [0.15, 0.2) is 66.7 Å². The molecular formula is C28H27F3N2O4S. The predicted octanol–water partition coefficient (Wildman–Crippen LogP) is 5.03. The van der Waals surface area contributed by atoms with Crippen molar-refractivity contribution in [2.24, 2.45) is 5.92 Å². The minimum Gasteiger partial charge on any atom is -0.445 e. The predicted molar refractivity (Wildman–Crippen MR) is 136 cm³/mol. The van der Waals surface area contributed by atoms with Crippen LogP contribution in [-0.4, -0.2) is 43.8 Å². The van der Waals surface area contributed by atoms with Crippen LogP contribution in [0.25, 0.3) is 11.1 Å². The van der Waals surface area contributed by atoms with Crippen molar-refractivity contribution >= 4 is 16.1 Å². The zero-order chi connectivity index (χ0) is 27.0. The summed E-state index contributed by atoms with van der Waals surface area (Å²) >= 11 is 0. The van der Waals surface area contributed by atoms with Gasteiger partial charge in [0.1, 0.15) is 24.1 Å². The Morgan fingerprint density at radius 1 is 1.00 bits per heavy atom. The molecule has 3 aromatic carbocycles. The maximum atomic E-state index is 15.7. The van der Waals surface area contributed by atoms with E-state index in [1.807, 2.05) is 30.3 Å². The summed E-state index contributed by atoms with van der Waals surface area (Å²) in [5, 5.41) is 0. The number of carbonyl (C=O) groups excluding carboxylic acids is 1. The summed E-state index contributed by atoms with van der Waals surface area (Å²) in [6.07, 6.45) is 1.62. The van der Waals surface area contributed by atoms with Crippen LogP contribution in [0.5, 0.6) is 0 Å². The molecule has 0 spiro atoms. The molecule has 5 rings (SSSR count). The first-order valence-corrected chi connectivity index (χ1v) is 14.2. The van der Waals surface area contributed by atoms with Gasteiger partial charge in [-0.05, 0) is 54.0 Å². The van der Waals surface area contributed by atoms with E-state index in [2.05, 4.69) is 4.72 Å². The number of sulfonamides is 1. The van der Waals surface area contributed by atoms with E-state index in [-0.39, 0.29) is 41.7 Å².